The predicted molar refractivity (Wildman–Crippen MR) is 69.0 cm³/mol. The largest absolute Gasteiger partial charge is 0.480 e. The maximum absolute atomic E-state index is 11.8. The molecule has 0 heterocycles. The van der Waals surface area contributed by atoms with E-state index in [1.165, 1.54) is 12.1 Å². The summed E-state index contributed by atoms with van der Waals surface area (Å²) in [6.07, 6.45) is -0.139. The highest BCUT2D eigenvalue weighted by atomic mass is 32.2. The normalized spacial score (nSPS) is 12.7. The lowest BCUT2D eigenvalue weighted by molar-refractivity contribution is -0.136. The van der Waals surface area contributed by atoms with Crippen LogP contribution in [-0.4, -0.2) is 30.7 Å². The standard InChI is InChI=1S/C11H14N2O5S/c1-7(11(15)16)19(17,18)13-9-5-3-2-4-8(9)6-10(12)14/h2-5,7,13H,6H2,1H3,(H2,12,14)(H,15,16). The summed E-state index contributed by atoms with van der Waals surface area (Å²) in [7, 11) is -4.07. The first-order valence-electron chi connectivity index (χ1n) is 5.34. The number of amides is 1. The number of carbonyl (C=O) groups is 2. The third kappa shape index (κ3) is 3.95. The van der Waals surface area contributed by atoms with Gasteiger partial charge < -0.3 is 10.8 Å². The number of para-hydroxylation sites is 1. The van der Waals surface area contributed by atoms with Crippen LogP contribution in [0.5, 0.6) is 0 Å². The van der Waals surface area contributed by atoms with Crippen LogP contribution in [0, 0.1) is 0 Å². The van der Waals surface area contributed by atoms with Crippen molar-refractivity contribution in [2.45, 2.75) is 18.6 Å². The molecule has 1 unspecified atom stereocenters. The average molecular weight is 286 g/mol. The molecule has 8 heteroatoms. The van der Waals surface area contributed by atoms with E-state index in [9.17, 15) is 18.0 Å². The van der Waals surface area contributed by atoms with Gasteiger partial charge >= 0.3 is 5.97 Å². The molecule has 104 valence electrons. The summed E-state index contributed by atoms with van der Waals surface area (Å²) in [5.41, 5.74) is 5.59. The van der Waals surface area contributed by atoms with Gasteiger partial charge in [0.05, 0.1) is 12.1 Å². The van der Waals surface area contributed by atoms with Crippen LogP contribution in [0.3, 0.4) is 0 Å². The number of nitrogens with one attached hydrogen (secondary N) is 1. The van der Waals surface area contributed by atoms with E-state index < -0.39 is 27.1 Å². The first-order valence-corrected chi connectivity index (χ1v) is 6.89. The summed E-state index contributed by atoms with van der Waals surface area (Å²) in [6.45, 7) is 1.06. The Morgan fingerprint density at radius 3 is 2.47 bits per heavy atom. The summed E-state index contributed by atoms with van der Waals surface area (Å²) < 4.78 is 25.7. The van der Waals surface area contributed by atoms with Gasteiger partial charge in [0, 0.05) is 0 Å². The Balaban J connectivity index is 3.06. The lowest BCUT2D eigenvalue weighted by Gasteiger charge is -2.14. The topological polar surface area (TPSA) is 127 Å². The Morgan fingerprint density at radius 2 is 1.95 bits per heavy atom. The number of primary amides is 1. The van der Waals surface area contributed by atoms with Gasteiger partial charge in [0.2, 0.25) is 15.9 Å². The Hall–Kier alpha value is -2.09. The molecule has 1 aromatic carbocycles. The molecule has 1 atom stereocenters. The number of nitrogens with two attached hydrogens (primary N) is 1. The maximum Gasteiger partial charge on any atom is 0.323 e. The maximum atomic E-state index is 11.8. The minimum atomic E-state index is -4.07. The van der Waals surface area contributed by atoms with E-state index in [1.54, 1.807) is 12.1 Å². The smallest absolute Gasteiger partial charge is 0.323 e. The third-order valence-electron chi connectivity index (χ3n) is 2.45. The van der Waals surface area contributed by atoms with E-state index >= 15 is 0 Å². The molecule has 4 N–H and O–H groups in total. The highest BCUT2D eigenvalue weighted by Crippen LogP contribution is 2.18. The average Bonchev–Trinajstić information content (AvgIpc) is 2.29. The minimum Gasteiger partial charge on any atom is -0.480 e. The van der Waals surface area contributed by atoms with Gasteiger partial charge in [-0.2, -0.15) is 0 Å². The van der Waals surface area contributed by atoms with Gasteiger partial charge in [-0.25, -0.2) is 8.42 Å². The Labute approximate surface area is 110 Å². The van der Waals surface area contributed by atoms with Crippen LogP contribution in [-0.2, 0) is 26.0 Å². The monoisotopic (exact) mass is 286 g/mol. The van der Waals surface area contributed by atoms with Crippen molar-refractivity contribution < 1.29 is 23.1 Å². The van der Waals surface area contributed by atoms with Crippen LogP contribution in [0.1, 0.15) is 12.5 Å². The van der Waals surface area contributed by atoms with E-state index in [0.717, 1.165) is 6.92 Å². The SMILES string of the molecule is CC(C(=O)O)S(=O)(=O)Nc1ccccc1CC(N)=O. The van der Waals surface area contributed by atoms with Crippen LogP contribution in [0.25, 0.3) is 0 Å². The van der Waals surface area contributed by atoms with Crippen molar-refractivity contribution >= 4 is 27.6 Å². The molecule has 19 heavy (non-hydrogen) atoms. The number of hydrogen-bond acceptors (Lipinski definition) is 4. The molecular formula is C11H14N2O5S. The zero-order valence-corrected chi connectivity index (χ0v) is 11.0. The molecule has 0 aliphatic carbocycles. The van der Waals surface area contributed by atoms with Gasteiger partial charge in [0.1, 0.15) is 0 Å². The predicted octanol–water partition coefficient (Wildman–Crippen LogP) is -0.0708. The van der Waals surface area contributed by atoms with Crippen molar-refractivity contribution in [3.8, 4) is 0 Å². The summed E-state index contributed by atoms with van der Waals surface area (Å²) in [5, 5.41) is 7.11. The molecule has 0 radical (unpaired) electrons. The molecule has 7 nitrogen and oxygen atoms in total. The first kappa shape index (κ1) is 15.0. The van der Waals surface area contributed by atoms with E-state index in [2.05, 4.69) is 4.72 Å². The van der Waals surface area contributed by atoms with Crippen molar-refractivity contribution in [1.82, 2.24) is 0 Å². The zero-order chi connectivity index (χ0) is 14.6. The van der Waals surface area contributed by atoms with Gasteiger partial charge in [-0.3, -0.25) is 14.3 Å². The van der Waals surface area contributed by atoms with Crippen LogP contribution in [0.15, 0.2) is 24.3 Å². The number of hydrogen-bond donors (Lipinski definition) is 3. The fraction of sp³-hybridized carbons (Fsp3) is 0.273. The second kappa shape index (κ2) is 5.70. The molecule has 1 aromatic rings. The number of benzene rings is 1. The molecule has 1 rings (SSSR count). The summed E-state index contributed by atoms with van der Waals surface area (Å²) in [4.78, 5) is 21.6. The van der Waals surface area contributed by atoms with Crippen LogP contribution in [0.2, 0.25) is 0 Å². The van der Waals surface area contributed by atoms with E-state index in [-0.39, 0.29) is 12.1 Å². The van der Waals surface area contributed by atoms with E-state index in [1.807, 2.05) is 0 Å². The number of rotatable bonds is 6. The molecule has 0 aliphatic heterocycles. The number of carboxylic acid groups (broad SMARTS) is 1. The van der Waals surface area contributed by atoms with Crippen LogP contribution in [0.4, 0.5) is 5.69 Å². The summed E-state index contributed by atoms with van der Waals surface area (Å²) in [5.74, 6) is -2.07. The molecule has 0 saturated carbocycles. The summed E-state index contributed by atoms with van der Waals surface area (Å²) >= 11 is 0. The van der Waals surface area contributed by atoms with Crippen LogP contribution < -0.4 is 10.5 Å². The first-order chi connectivity index (χ1) is 8.74. The fourth-order valence-electron chi connectivity index (χ4n) is 1.34. The van der Waals surface area contributed by atoms with Gasteiger partial charge in [-0.1, -0.05) is 18.2 Å². The molecule has 0 aromatic heterocycles. The van der Waals surface area contributed by atoms with Crippen molar-refractivity contribution in [3.05, 3.63) is 29.8 Å². The van der Waals surface area contributed by atoms with Crippen molar-refractivity contribution in [2.24, 2.45) is 5.73 Å². The van der Waals surface area contributed by atoms with Gasteiger partial charge in [-0.05, 0) is 18.6 Å². The molecule has 0 fully saturated rings. The Bertz CT molecular complexity index is 597. The molecule has 0 aliphatic rings. The van der Waals surface area contributed by atoms with Crippen LogP contribution >= 0.6 is 0 Å². The molecule has 0 bridgehead atoms. The van der Waals surface area contributed by atoms with Crippen molar-refractivity contribution in [3.63, 3.8) is 0 Å². The second-order valence-corrected chi connectivity index (χ2v) is 5.93. The summed E-state index contributed by atoms with van der Waals surface area (Å²) in [6, 6.07) is 6.16. The number of carboxylic acids is 1. The zero-order valence-electron chi connectivity index (χ0n) is 10.2. The number of aliphatic carboxylic acids is 1. The quantitative estimate of drug-likeness (QED) is 0.674. The van der Waals surface area contributed by atoms with E-state index in [0.29, 0.717) is 5.56 Å². The van der Waals surface area contributed by atoms with Crippen molar-refractivity contribution in [2.75, 3.05) is 4.72 Å². The molecule has 0 saturated heterocycles. The lowest BCUT2D eigenvalue weighted by atomic mass is 10.1. The number of carbonyl (C=O) groups excluding carboxylic acids is 1. The number of anilines is 1. The van der Waals surface area contributed by atoms with Gasteiger partial charge in [0.25, 0.3) is 0 Å². The molecular weight excluding hydrogens is 272 g/mol. The van der Waals surface area contributed by atoms with E-state index in [4.69, 9.17) is 10.8 Å². The highest BCUT2D eigenvalue weighted by molar-refractivity contribution is 7.94. The Kier molecular flexibility index (Phi) is 4.49. The third-order valence-corrected chi connectivity index (χ3v) is 4.08. The molecule has 0 spiro atoms. The molecule has 1 amide bonds. The number of sulfonamides is 1. The minimum absolute atomic E-state index is 0.139. The lowest BCUT2D eigenvalue weighted by Crippen LogP contribution is -2.32. The Morgan fingerprint density at radius 1 is 1.37 bits per heavy atom. The van der Waals surface area contributed by atoms with Gasteiger partial charge in [-0.15, -0.1) is 0 Å². The highest BCUT2D eigenvalue weighted by Gasteiger charge is 2.28. The fourth-order valence-corrected chi connectivity index (χ4v) is 2.28. The van der Waals surface area contributed by atoms with Gasteiger partial charge in [0.15, 0.2) is 5.25 Å². The second-order valence-electron chi connectivity index (χ2n) is 3.93. The van der Waals surface area contributed by atoms with Crippen molar-refractivity contribution in [1.29, 1.82) is 0 Å².